The van der Waals surface area contributed by atoms with Crippen LogP contribution in [0, 0.1) is 5.82 Å². The van der Waals surface area contributed by atoms with Gasteiger partial charge in [0.05, 0.1) is 6.54 Å². The molecule has 0 bridgehead atoms. The van der Waals surface area contributed by atoms with E-state index < -0.39 is 0 Å². The van der Waals surface area contributed by atoms with E-state index in [1.807, 2.05) is 42.5 Å². The second kappa shape index (κ2) is 10.0. The van der Waals surface area contributed by atoms with E-state index in [1.165, 1.54) is 11.6 Å². The van der Waals surface area contributed by atoms with Crippen LogP contribution in [0.2, 0.25) is 0 Å². The average Bonchev–Trinajstić information content (AvgIpc) is 3.17. The van der Waals surface area contributed by atoms with Crippen molar-refractivity contribution in [1.29, 1.82) is 0 Å². The molecule has 0 fully saturated rings. The average molecular weight is 394 g/mol. The first-order valence-electron chi connectivity index (χ1n) is 9.90. The van der Waals surface area contributed by atoms with Gasteiger partial charge in [-0.3, -0.25) is 9.69 Å². The molecule has 0 atom stereocenters. The summed E-state index contributed by atoms with van der Waals surface area (Å²) in [5, 5.41) is 2.89. The second-order valence-corrected chi connectivity index (χ2v) is 7.39. The van der Waals surface area contributed by atoms with Crippen LogP contribution in [0.1, 0.15) is 41.3 Å². The smallest absolute Gasteiger partial charge is 0.287 e. The molecule has 29 heavy (non-hydrogen) atoms. The molecule has 0 spiro atoms. The number of nitrogens with zero attached hydrogens (tertiary/aromatic N) is 1. The Morgan fingerprint density at radius 2 is 1.76 bits per heavy atom. The highest BCUT2D eigenvalue weighted by molar-refractivity contribution is 5.91. The second-order valence-electron chi connectivity index (χ2n) is 7.39. The van der Waals surface area contributed by atoms with Gasteiger partial charge in [0.25, 0.3) is 5.91 Å². The zero-order valence-electron chi connectivity index (χ0n) is 16.9. The Morgan fingerprint density at radius 3 is 2.48 bits per heavy atom. The predicted octanol–water partition coefficient (Wildman–Crippen LogP) is 4.80. The van der Waals surface area contributed by atoms with Gasteiger partial charge in [0, 0.05) is 19.1 Å². The molecule has 3 aromatic rings. The molecule has 0 saturated heterocycles. The molecule has 1 amide bonds. The minimum Gasteiger partial charge on any atom is -0.455 e. The molecular weight excluding hydrogens is 367 g/mol. The molecule has 4 nitrogen and oxygen atoms in total. The van der Waals surface area contributed by atoms with Crippen molar-refractivity contribution in [2.75, 3.05) is 6.54 Å². The van der Waals surface area contributed by atoms with Crippen LogP contribution >= 0.6 is 0 Å². The van der Waals surface area contributed by atoms with Crippen molar-refractivity contribution in [2.45, 2.75) is 39.4 Å². The van der Waals surface area contributed by atoms with Crippen LogP contribution in [-0.4, -0.2) is 23.4 Å². The van der Waals surface area contributed by atoms with Gasteiger partial charge in [-0.25, -0.2) is 4.39 Å². The molecule has 5 heteroatoms. The van der Waals surface area contributed by atoms with Crippen LogP contribution in [0.15, 0.2) is 71.1 Å². The third kappa shape index (κ3) is 6.29. The summed E-state index contributed by atoms with van der Waals surface area (Å²) < 4.78 is 19.2. The van der Waals surface area contributed by atoms with E-state index in [0.29, 0.717) is 31.2 Å². The van der Waals surface area contributed by atoms with E-state index in [4.69, 9.17) is 4.42 Å². The highest BCUT2D eigenvalue weighted by atomic mass is 19.1. The van der Waals surface area contributed by atoms with E-state index in [1.54, 1.807) is 18.2 Å². The maximum absolute atomic E-state index is 13.5. The molecular formula is C24H27FN2O2. The summed E-state index contributed by atoms with van der Waals surface area (Å²) in [6.45, 7) is 5.87. The Balaban J connectivity index is 1.55. The third-order valence-electron chi connectivity index (χ3n) is 4.79. The minimum absolute atomic E-state index is 0.214. The van der Waals surface area contributed by atoms with Gasteiger partial charge in [-0.05, 0) is 55.7 Å². The number of hydrogen-bond donors (Lipinski definition) is 1. The van der Waals surface area contributed by atoms with Crippen LogP contribution in [0.25, 0.3) is 0 Å². The van der Waals surface area contributed by atoms with E-state index in [-0.39, 0.29) is 17.8 Å². The lowest BCUT2D eigenvalue weighted by Gasteiger charge is -2.25. The zero-order chi connectivity index (χ0) is 20.6. The number of nitrogens with one attached hydrogen (secondary N) is 1. The van der Waals surface area contributed by atoms with Crippen molar-refractivity contribution in [3.8, 4) is 0 Å². The first-order valence-corrected chi connectivity index (χ1v) is 9.90. The fourth-order valence-corrected chi connectivity index (χ4v) is 3.13. The third-order valence-corrected chi connectivity index (χ3v) is 4.79. The lowest BCUT2D eigenvalue weighted by atomic mass is 10.1. The topological polar surface area (TPSA) is 45.5 Å². The zero-order valence-corrected chi connectivity index (χ0v) is 16.9. The number of rotatable bonds is 9. The van der Waals surface area contributed by atoms with Crippen molar-refractivity contribution < 1.29 is 13.6 Å². The minimum atomic E-state index is -0.237. The summed E-state index contributed by atoms with van der Waals surface area (Å²) in [7, 11) is 0. The van der Waals surface area contributed by atoms with Crippen molar-refractivity contribution in [3.05, 3.63) is 95.2 Å². The number of hydrogen-bond acceptors (Lipinski definition) is 3. The predicted molar refractivity (Wildman–Crippen MR) is 112 cm³/mol. The number of halogens is 1. The highest BCUT2D eigenvalue weighted by Crippen LogP contribution is 2.16. The first kappa shape index (κ1) is 20.8. The van der Waals surface area contributed by atoms with Crippen molar-refractivity contribution in [1.82, 2.24) is 10.2 Å². The number of carbonyl (C=O) groups is 1. The molecule has 1 aromatic heterocycles. The van der Waals surface area contributed by atoms with Crippen molar-refractivity contribution in [2.24, 2.45) is 0 Å². The maximum Gasteiger partial charge on any atom is 0.287 e. The van der Waals surface area contributed by atoms with Gasteiger partial charge >= 0.3 is 0 Å². The van der Waals surface area contributed by atoms with Crippen LogP contribution in [0.4, 0.5) is 4.39 Å². The Kier molecular flexibility index (Phi) is 7.19. The van der Waals surface area contributed by atoms with Gasteiger partial charge in [-0.1, -0.05) is 42.5 Å². The summed E-state index contributed by atoms with van der Waals surface area (Å²) in [4.78, 5) is 14.5. The summed E-state index contributed by atoms with van der Waals surface area (Å²) >= 11 is 0. The fraction of sp³-hybridized carbons (Fsp3) is 0.292. The maximum atomic E-state index is 13.5. The van der Waals surface area contributed by atoms with Crippen LogP contribution < -0.4 is 5.32 Å². The molecule has 0 aliphatic rings. The Labute approximate surface area is 171 Å². The SMILES string of the molecule is CC(C)N(Cc1cccc(F)c1)Cc1ccc(C(=O)NCCc2ccccc2)o1. The normalized spacial score (nSPS) is 11.2. The molecule has 3 rings (SSSR count). The molecule has 152 valence electrons. The lowest BCUT2D eigenvalue weighted by molar-refractivity contribution is 0.0921. The molecule has 2 aromatic carbocycles. The lowest BCUT2D eigenvalue weighted by Crippen LogP contribution is -2.29. The van der Waals surface area contributed by atoms with Gasteiger partial charge in [-0.15, -0.1) is 0 Å². The number of carbonyl (C=O) groups excluding carboxylic acids is 1. The first-order chi connectivity index (χ1) is 14.0. The van der Waals surface area contributed by atoms with E-state index >= 15 is 0 Å². The van der Waals surface area contributed by atoms with Crippen LogP contribution in [0.5, 0.6) is 0 Å². The molecule has 0 aliphatic heterocycles. The number of benzene rings is 2. The Morgan fingerprint density at radius 1 is 1.00 bits per heavy atom. The molecule has 0 aliphatic carbocycles. The van der Waals surface area contributed by atoms with Crippen LogP contribution in [-0.2, 0) is 19.5 Å². The summed E-state index contributed by atoms with van der Waals surface area (Å²) in [5.74, 6) is 0.568. The fourth-order valence-electron chi connectivity index (χ4n) is 3.13. The van der Waals surface area contributed by atoms with Gasteiger partial charge < -0.3 is 9.73 Å². The highest BCUT2D eigenvalue weighted by Gasteiger charge is 2.16. The molecule has 0 saturated carbocycles. The van der Waals surface area contributed by atoms with Gasteiger partial charge in [-0.2, -0.15) is 0 Å². The Bertz CT molecular complexity index is 921. The summed E-state index contributed by atoms with van der Waals surface area (Å²) in [6, 6.07) is 20.4. The molecule has 1 heterocycles. The largest absolute Gasteiger partial charge is 0.455 e. The Hall–Kier alpha value is -2.92. The number of amides is 1. The van der Waals surface area contributed by atoms with Gasteiger partial charge in [0.2, 0.25) is 0 Å². The van der Waals surface area contributed by atoms with E-state index in [9.17, 15) is 9.18 Å². The summed E-state index contributed by atoms with van der Waals surface area (Å²) in [5.41, 5.74) is 2.09. The van der Waals surface area contributed by atoms with Gasteiger partial charge in [0.1, 0.15) is 11.6 Å². The molecule has 0 radical (unpaired) electrons. The van der Waals surface area contributed by atoms with E-state index in [0.717, 1.165) is 12.0 Å². The standard InChI is InChI=1S/C24H27FN2O2/c1-18(2)27(16-20-9-6-10-21(25)15-20)17-22-11-12-23(29-22)24(28)26-14-13-19-7-4-3-5-8-19/h3-12,15,18H,13-14,16-17H2,1-2H3,(H,26,28). The monoisotopic (exact) mass is 394 g/mol. The van der Waals surface area contributed by atoms with Crippen LogP contribution in [0.3, 0.4) is 0 Å². The van der Waals surface area contributed by atoms with E-state index in [2.05, 4.69) is 24.1 Å². The van der Waals surface area contributed by atoms with Gasteiger partial charge in [0.15, 0.2) is 5.76 Å². The summed E-state index contributed by atoms with van der Waals surface area (Å²) in [6.07, 6.45) is 0.773. The molecule has 1 N–H and O–H groups in total. The quantitative estimate of drug-likeness (QED) is 0.567. The van der Waals surface area contributed by atoms with Crippen molar-refractivity contribution in [3.63, 3.8) is 0 Å². The number of furan rings is 1. The molecule has 0 unspecified atom stereocenters. The van der Waals surface area contributed by atoms with Crippen molar-refractivity contribution >= 4 is 5.91 Å².